The van der Waals surface area contributed by atoms with E-state index in [9.17, 15) is 13.2 Å². The van der Waals surface area contributed by atoms with Gasteiger partial charge in [-0.25, -0.2) is 8.42 Å². The summed E-state index contributed by atoms with van der Waals surface area (Å²) in [5, 5.41) is 0. The second kappa shape index (κ2) is 5.74. The van der Waals surface area contributed by atoms with E-state index in [-0.39, 0.29) is 17.4 Å². The Hall–Kier alpha value is -1.60. The van der Waals surface area contributed by atoms with Crippen LogP contribution in [0.5, 0.6) is 0 Å². The van der Waals surface area contributed by atoms with Gasteiger partial charge in [-0.1, -0.05) is 6.92 Å². The van der Waals surface area contributed by atoms with Crippen LogP contribution in [0, 0.1) is 5.41 Å². The molecule has 0 aromatic heterocycles. The van der Waals surface area contributed by atoms with Crippen LogP contribution in [-0.4, -0.2) is 51.2 Å². The van der Waals surface area contributed by atoms with Crippen molar-refractivity contribution >= 4 is 21.6 Å². The van der Waals surface area contributed by atoms with Gasteiger partial charge in [-0.05, 0) is 55.5 Å². The van der Waals surface area contributed by atoms with E-state index in [0.29, 0.717) is 30.8 Å². The average Bonchev–Trinajstić information content (AvgIpc) is 3.05. The Morgan fingerprint density at radius 3 is 2.71 bits per heavy atom. The molecule has 2 atom stereocenters. The lowest BCUT2D eigenvalue weighted by molar-refractivity contribution is 0.0777. The zero-order valence-corrected chi connectivity index (χ0v) is 15.3. The first-order chi connectivity index (χ1) is 11.1. The Bertz CT molecular complexity index is 777. The van der Waals surface area contributed by atoms with Crippen molar-refractivity contribution in [2.45, 2.75) is 32.7 Å². The Labute approximate surface area is 143 Å². The van der Waals surface area contributed by atoms with E-state index >= 15 is 0 Å². The lowest BCUT2D eigenvalue weighted by atomic mass is 9.90. The van der Waals surface area contributed by atoms with Crippen LogP contribution in [0.4, 0.5) is 5.69 Å². The van der Waals surface area contributed by atoms with E-state index in [1.165, 1.54) is 10.6 Å². The van der Waals surface area contributed by atoms with Crippen LogP contribution in [0.3, 0.4) is 0 Å². The fourth-order valence-corrected chi connectivity index (χ4v) is 5.05. The number of anilines is 1. The average molecular weight is 351 g/mol. The molecule has 1 aromatic rings. The number of fused-ring (bicyclic) bond motifs is 1. The lowest BCUT2D eigenvalue weighted by Gasteiger charge is -2.23. The van der Waals surface area contributed by atoms with E-state index in [2.05, 4.69) is 6.92 Å². The molecule has 3 rings (SSSR count). The van der Waals surface area contributed by atoms with Crippen molar-refractivity contribution in [3.8, 4) is 0 Å². The van der Waals surface area contributed by atoms with Gasteiger partial charge in [0.2, 0.25) is 10.0 Å². The van der Waals surface area contributed by atoms with Crippen LogP contribution in [0.15, 0.2) is 18.2 Å². The summed E-state index contributed by atoms with van der Waals surface area (Å²) in [6, 6.07) is 5.21. The first-order valence-electron chi connectivity index (χ1n) is 8.26. The minimum atomic E-state index is -3.31. The van der Waals surface area contributed by atoms with Gasteiger partial charge in [0.15, 0.2) is 0 Å². The van der Waals surface area contributed by atoms with Crippen LogP contribution in [0.1, 0.15) is 36.2 Å². The van der Waals surface area contributed by atoms with Gasteiger partial charge in [0.1, 0.15) is 0 Å². The molecule has 7 heteroatoms. The van der Waals surface area contributed by atoms with E-state index in [0.717, 1.165) is 18.5 Å². The van der Waals surface area contributed by atoms with E-state index in [1.807, 2.05) is 17.9 Å². The molecule has 1 fully saturated rings. The van der Waals surface area contributed by atoms with Crippen LogP contribution in [0.2, 0.25) is 0 Å². The molecule has 2 unspecified atom stereocenters. The number of rotatable bonds is 3. The summed E-state index contributed by atoms with van der Waals surface area (Å²) >= 11 is 0. The molecule has 1 saturated heterocycles. The molecule has 0 saturated carbocycles. The molecule has 6 nitrogen and oxygen atoms in total. The summed E-state index contributed by atoms with van der Waals surface area (Å²) in [5.74, 6) is 0.000402. The van der Waals surface area contributed by atoms with Crippen LogP contribution < -0.4 is 10.0 Å². The fraction of sp³-hybridized carbons (Fsp3) is 0.588. The third-order valence-corrected chi connectivity index (χ3v) is 6.45. The normalized spacial score (nSPS) is 26.8. The van der Waals surface area contributed by atoms with Crippen molar-refractivity contribution in [1.29, 1.82) is 0 Å². The fourth-order valence-electron chi connectivity index (χ4n) is 3.79. The largest absolute Gasteiger partial charge is 0.338 e. The molecule has 1 aromatic carbocycles. The number of nitrogens with two attached hydrogens (primary N) is 1. The molecule has 0 radical (unpaired) electrons. The summed E-state index contributed by atoms with van der Waals surface area (Å²) in [4.78, 5) is 14.6. The molecule has 0 bridgehead atoms. The highest BCUT2D eigenvalue weighted by Crippen LogP contribution is 2.35. The molecule has 0 spiro atoms. The Morgan fingerprint density at radius 1 is 1.42 bits per heavy atom. The van der Waals surface area contributed by atoms with Crippen LogP contribution in [-0.2, 0) is 16.4 Å². The quantitative estimate of drug-likeness (QED) is 0.887. The first kappa shape index (κ1) is 17.2. The van der Waals surface area contributed by atoms with Gasteiger partial charge in [-0.2, -0.15) is 0 Å². The first-order valence-corrected chi connectivity index (χ1v) is 10.1. The molecule has 2 aliphatic rings. The molecular formula is C17H25N3O3S. The van der Waals surface area contributed by atoms with Gasteiger partial charge in [0.25, 0.3) is 5.91 Å². The molecule has 1 amide bonds. The molecular weight excluding hydrogens is 326 g/mol. The van der Waals surface area contributed by atoms with Gasteiger partial charge in [0, 0.05) is 24.7 Å². The monoisotopic (exact) mass is 351 g/mol. The predicted octanol–water partition coefficient (Wildman–Crippen LogP) is 1.21. The Morgan fingerprint density at radius 2 is 2.12 bits per heavy atom. The lowest BCUT2D eigenvalue weighted by Crippen LogP contribution is -2.35. The highest BCUT2D eigenvalue weighted by Gasteiger charge is 2.36. The molecule has 24 heavy (non-hydrogen) atoms. The van der Waals surface area contributed by atoms with Crippen molar-refractivity contribution in [2.75, 3.05) is 30.2 Å². The standard InChI is InChI=1S/C17H25N3O3S/c1-12-8-14-9-13(4-5-15(14)20(12)24(3,22)23)16(21)19-7-6-17(2,10-18)11-19/h4-5,9,12H,6-8,10-11,18H2,1-3H3. The zero-order chi connectivity index (χ0) is 17.7. The highest BCUT2D eigenvalue weighted by atomic mass is 32.2. The molecule has 2 aliphatic heterocycles. The van der Waals surface area contributed by atoms with Gasteiger partial charge in [-0.15, -0.1) is 0 Å². The van der Waals surface area contributed by atoms with Crippen molar-refractivity contribution < 1.29 is 13.2 Å². The van der Waals surface area contributed by atoms with E-state index in [1.54, 1.807) is 12.1 Å². The molecule has 2 heterocycles. The van der Waals surface area contributed by atoms with Crippen molar-refractivity contribution in [2.24, 2.45) is 11.1 Å². The van der Waals surface area contributed by atoms with Crippen molar-refractivity contribution in [1.82, 2.24) is 4.90 Å². The number of nitrogens with zero attached hydrogens (tertiary/aromatic N) is 2. The summed E-state index contributed by atoms with van der Waals surface area (Å²) < 4.78 is 25.4. The second-order valence-corrected chi connectivity index (χ2v) is 9.31. The summed E-state index contributed by atoms with van der Waals surface area (Å²) in [5.41, 5.74) is 8.04. The number of amides is 1. The number of likely N-dealkylation sites (tertiary alicyclic amines) is 1. The van der Waals surface area contributed by atoms with Gasteiger partial charge >= 0.3 is 0 Å². The number of hydrogen-bond donors (Lipinski definition) is 1. The minimum Gasteiger partial charge on any atom is -0.338 e. The third kappa shape index (κ3) is 2.91. The van der Waals surface area contributed by atoms with Crippen molar-refractivity contribution in [3.63, 3.8) is 0 Å². The molecule has 2 N–H and O–H groups in total. The van der Waals surface area contributed by atoms with Crippen molar-refractivity contribution in [3.05, 3.63) is 29.3 Å². The number of sulfonamides is 1. The number of carbonyl (C=O) groups is 1. The maximum absolute atomic E-state index is 12.8. The minimum absolute atomic E-state index is 0.000402. The van der Waals surface area contributed by atoms with Crippen LogP contribution in [0.25, 0.3) is 0 Å². The smallest absolute Gasteiger partial charge is 0.253 e. The van der Waals surface area contributed by atoms with E-state index in [4.69, 9.17) is 5.73 Å². The molecule has 132 valence electrons. The van der Waals surface area contributed by atoms with E-state index < -0.39 is 10.0 Å². The molecule has 0 aliphatic carbocycles. The highest BCUT2D eigenvalue weighted by molar-refractivity contribution is 7.92. The van der Waals surface area contributed by atoms with Gasteiger partial charge < -0.3 is 10.6 Å². The maximum atomic E-state index is 12.8. The third-order valence-electron chi connectivity index (χ3n) is 5.17. The predicted molar refractivity (Wildman–Crippen MR) is 94.6 cm³/mol. The number of hydrogen-bond acceptors (Lipinski definition) is 4. The Balaban J connectivity index is 1.86. The number of carbonyl (C=O) groups excluding carboxylic acids is 1. The van der Waals surface area contributed by atoms with Gasteiger partial charge in [-0.3, -0.25) is 9.10 Å². The number of benzene rings is 1. The Kier molecular flexibility index (Phi) is 4.12. The summed E-state index contributed by atoms with van der Waals surface area (Å²) in [6.07, 6.45) is 2.76. The van der Waals surface area contributed by atoms with Gasteiger partial charge in [0.05, 0.1) is 11.9 Å². The topological polar surface area (TPSA) is 83.7 Å². The summed E-state index contributed by atoms with van der Waals surface area (Å²) in [6.45, 7) is 5.95. The summed E-state index contributed by atoms with van der Waals surface area (Å²) in [7, 11) is -3.31. The second-order valence-electron chi connectivity index (χ2n) is 7.45. The zero-order valence-electron chi connectivity index (χ0n) is 14.4. The SMILES string of the molecule is CC1Cc2cc(C(=O)N3CCC(C)(CN)C3)ccc2N1S(C)(=O)=O. The van der Waals surface area contributed by atoms with Crippen LogP contribution >= 0.6 is 0 Å². The maximum Gasteiger partial charge on any atom is 0.253 e.